The highest BCUT2D eigenvalue weighted by molar-refractivity contribution is 9.10. The van der Waals surface area contributed by atoms with E-state index in [1.165, 1.54) is 4.31 Å². The number of halogens is 1. The molecule has 1 unspecified atom stereocenters. The van der Waals surface area contributed by atoms with Gasteiger partial charge in [0.25, 0.3) is 0 Å². The predicted octanol–water partition coefficient (Wildman–Crippen LogP) is 2.75. The summed E-state index contributed by atoms with van der Waals surface area (Å²) >= 11 is 3.37. The summed E-state index contributed by atoms with van der Waals surface area (Å²) in [7, 11) is -1.86. The van der Waals surface area contributed by atoms with Crippen LogP contribution in [0.3, 0.4) is 0 Å². The van der Waals surface area contributed by atoms with Gasteiger partial charge < -0.3 is 5.73 Å². The Morgan fingerprint density at radius 3 is 2.45 bits per heavy atom. The van der Waals surface area contributed by atoms with E-state index in [-0.39, 0.29) is 6.04 Å². The normalized spacial score (nSPS) is 14.0. The molecule has 0 aromatic heterocycles. The molecular weight excluding hydrogens is 340 g/mol. The van der Waals surface area contributed by atoms with Gasteiger partial charge in [-0.2, -0.15) is 0 Å². The molecule has 0 amide bonds. The highest BCUT2D eigenvalue weighted by Crippen LogP contribution is 2.22. The van der Waals surface area contributed by atoms with Crippen molar-refractivity contribution in [3.8, 4) is 0 Å². The highest BCUT2D eigenvalue weighted by Gasteiger charge is 2.22. The van der Waals surface area contributed by atoms with E-state index < -0.39 is 10.0 Å². The fraction of sp³-hybridized carbons (Fsp3) is 0.571. The minimum absolute atomic E-state index is 0.0115. The Balaban J connectivity index is 2.84. The Morgan fingerprint density at radius 2 is 1.95 bits per heavy atom. The molecule has 0 bridgehead atoms. The summed E-state index contributed by atoms with van der Waals surface area (Å²) in [5.74, 6) is 0.347. The lowest BCUT2D eigenvalue weighted by Crippen LogP contribution is -2.34. The maximum Gasteiger partial charge on any atom is 0.242 e. The zero-order valence-corrected chi connectivity index (χ0v) is 14.8. The van der Waals surface area contributed by atoms with Gasteiger partial charge in [0.05, 0.1) is 4.90 Å². The fourth-order valence-electron chi connectivity index (χ4n) is 1.70. The molecule has 0 aliphatic rings. The molecule has 6 heteroatoms. The third-order valence-electron chi connectivity index (χ3n) is 3.49. The fourth-order valence-corrected chi connectivity index (χ4v) is 3.44. The van der Waals surface area contributed by atoms with Crippen LogP contribution in [0.5, 0.6) is 0 Å². The first kappa shape index (κ1) is 17.6. The smallest absolute Gasteiger partial charge is 0.242 e. The van der Waals surface area contributed by atoms with Crippen LogP contribution in [0.2, 0.25) is 0 Å². The van der Waals surface area contributed by atoms with Crippen molar-refractivity contribution in [1.82, 2.24) is 4.31 Å². The van der Waals surface area contributed by atoms with Gasteiger partial charge in [-0.15, -0.1) is 0 Å². The molecule has 0 aliphatic heterocycles. The molecule has 0 fully saturated rings. The summed E-state index contributed by atoms with van der Waals surface area (Å²) < 4.78 is 27.0. The largest absolute Gasteiger partial charge is 0.327 e. The lowest BCUT2D eigenvalue weighted by atomic mass is 10.0. The van der Waals surface area contributed by atoms with Gasteiger partial charge in [0.1, 0.15) is 0 Å². The zero-order valence-electron chi connectivity index (χ0n) is 12.4. The van der Waals surface area contributed by atoms with Crippen LogP contribution in [0.15, 0.2) is 27.6 Å². The van der Waals surface area contributed by atoms with Crippen molar-refractivity contribution in [1.29, 1.82) is 0 Å². The van der Waals surface area contributed by atoms with E-state index in [0.717, 1.165) is 10.0 Å². The van der Waals surface area contributed by atoms with Gasteiger partial charge in [0, 0.05) is 24.1 Å². The second-order valence-corrected chi connectivity index (χ2v) is 8.33. The lowest BCUT2D eigenvalue weighted by Gasteiger charge is -2.21. The number of nitrogens with zero attached hydrogens (tertiary/aromatic N) is 1. The molecule has 1 atom stereocenters. The summed E-state index contributed by atoms with van der Waals surface area (Å²) in [6.07, 6.45) is 0.653. The molecule has 1 aromatic rings. The van der Waals surface area contributed by atoms with Gasteiger partial charge in [0.15, 0.2) is 0 Å². The van der Waals surface area contributed by atoms with Crippen LogP contribution in [0.25, 0.3) is 0 Å². The molecule has 0 saturated heterocycles. The number of aryl methyl sites for hydroxylation is 1. The SMILES string of the molecule is Cc1ccc(S(=O)(=O)N(C)CCC(N)C(C)C)cc1Br. The highest BCUT2D eigenvalue weighted by atomic mass is 79.9. The molecule has 1 rings (SSSR count). The van der Waals surface area contributed by atoms with Crippen molar-refractivity contribution in [3.05, 3.63) is 28.2 Å². The molecule has 0 aliphatic carbocycles. The van der Waals surface area contributed by atoms with Crippen LogP contribution >= 0.6 is 15.9 Å². The third-order valence-corrected chi connectivity index (χ3v) is 6.19. The second-order valence-electron chi connectivity index (χ2n) is 5.43. The van der Waals surface area contributed by atoms with Gasteiger partial charge in [-0.05, 0) is 37.0 Å². The summed E-state index contributed by atoms with van der Waals surface area (Å²) in [6, 6.07) is 5.08. The van der Waals surface area contributed by atoms with E-state index in [1.54, 1.807) is 25.2 Å². The Bertz CT molecular complexity index is 558. The summed E-state index contributed by atoms with van der Waals surface area (Å²) in [5, 5.41) is 0. The van der Waals surface area contributed by atoms with Crippen molar-refractivity contribution in [2.45, 2.75) is 38.1 Å². The maximum atomic E-state index is 12.4. The standard InChI is InChI=1S/C14H23BrN2O2S/c1-10(2)14(16)7-8-17(4)20(18,19)12-6-5-11(3)13(15)9-12/h5-6,9-10,14H,7-8,16H2,1-4H3. The molecule has 1 aromatic carbocycles. The predicted molar refractivity (Wildman–Crippen MR) is 86.1 cm³/mol. The summed E-state index contributed by atoms with van der Waals surface area (Å²) in [5.41, 5.74) is 6.97. The van der Waals surface area contributed by atoms with Gasteiger partial charge >= 0.3 is 0 Å². The molecule has 0 radical (unpaired) electrons. The first-order valence-corrected chi connectivity index (χ1v) is 8.87. The van der Waals surface area contributed by atoms with E-state index in [0.29, 0.717) is 23.8 Å². The van der Waals surface area contributed by atoms with Crippen LogP contribution in [0.4, 0.5) is 0 Å². The average molecular weight is 363 g/mol. The molecule has 0 saturated carbocycles. The molecule has 114 valence electrons. The second kappa shape index (κ2) is 7.02. The van der Waals surface area contributed by atoms with Gasteiger partial charge in [-0.25, -0.2) is 12.7 Å². The van der Waals surface area contributed by atoms with Crippen molar-refractivity contribution in [3.63, 3.8) is 0 Å². The van der Waals surface area contributed by atoms with E-state index in [2.05, 4.69) is 15.9 Å². The van der Waals surface area contributed by atoms with Crippen LogP contribution in [-0.4, -0.2) is 32.4 Å². The number of nitrogens with two attached hydrogens (primary N) is 1. The maximum absolute atomic E-state index is 12.4. The van der Waals surface area contributed by atoms with Gasteiger partial charge in [-0.3, -0.25) is 0 Å². The quantitative estimate of drug-likeness (QED) is 0.845. The monoisotopic (exact) mass is 362 g/mol. The van der Waals surface area contributed by atoms with Gasteiger partial charge in [-0.1, -0.05) is 35.8 Å². The summed E-state index contributed by atoms with van der Waals surface area (Å²) in [4.78, 5) is 0.301. The number of benzene rings is 1. The van der Waals surface area contributed by atoms with E-state index in [4.69, 9.17) is 5.73 Å². The number of rotatable bonds is 6. The number of sulfonamides is 1. The Kier molecular flexibility index (Phi) is 6.19. The van der Waals surface area contributed by atoms with Crippen molar-refractivity contribution in [2.24, 2.45) is 11.7 Å². The topological polar surface area (TPSA) is 63.4 Å². The van der Waals surface area contributed by atoms with Crippen molar-refractivity contribution >= 4 is 26.0 Å². The number of hydrogen-bond donors (Lipinski definition) is 1. The van der Waals surface area contributed by atoms with E-state index in [9.17, 15) is 8.42 Å². The van der Waals surface area contributed by atoms with Crippen LogP contribution in [0, 0.1) is 12.8 Å². The summed E-state index contributed by atoms with van der Waals surface area (Å²) in [6.45, 7) is 6.42. The van der Waals surface area contributed by atoms with E-state index in [1.807, 2.05) is 20.8 Å². The molecule has 2 N–H and O–H groups in total. The first-order valence-electron chi connectivity index (χ1n) is 6.64. The molecule has 20 heavy (non-hydrogen) atoms. The molecule has 4 nitrogen and oxygen atoms in total. The molecule has 0 spiro atoms. The Hall–Kier alpha value is -0.430. The lowest BCUT2D eigenvalue weighted by molar-refractivity contribution is 0.397. The Morgan fingerprint density at radius 1 is 1.35 bits per heavy atom. The number of hydrogen-bond acceptors (Lipinski definition) is 3. The first-order chi connectivity index (χ1) is 9.16. The minimum Gasteiger partial charge on any atom is -0.327 e. The average Bonchev–Trinajstić information content (AvgIpc) is 2.38. The van der Waals surface area contributed by atoms with E-state index >= 15 is 0 Å². The molecular formula is C14H23BrN2O2S. The molecule has 0 heterocycles. The van der Waals surface area contributed by atoms with Crippen LogP contribution < -0.4 is 5.73 Å². The van der Waals surface area contributed by atoms with Crippen LogP contribution in [0.1, 0.15) is 25.8 Å². The van der Waals surface area contributed by atoms with Crippen molar-refractivity contribution < 1.29 is 8.42 Å². The Labute approximate surface area is 130 Å². The van der Waals surface area contributed by atoms with Crippen molar-refractivity contribution in [2.75, 3.05) is 13.6 Å². The third kappa shape index (κ3) is 4.28. The van der Waals surface area contributed by atoms with Gasteiger partial charge in [0.2, 0.25) is 10.0 Å². The van der Waals surface area contributed by atoms with Crippen LogP contribution in [-0.2, 0) is 10.0 Å². The zero-order chi connectivity index (χ0) is 15.5. The minimum atomic E-state index is -3.45.